The van der Waals surface area contributed by atoms with Crippen LogP contribution in [0.25, 0.3) is 0 Å². The van der Waals surface area contributed by atoms with Crippen LogP contribution in [0.3, 0.4) is 0 Å². The molecule has 1 atom stereocenters. The summed E-state index contributed by atoms with van der Waals surface area (Å²) in [6.07, 6.45) is -0.241. The van der Waals surface area contributed by atoms with Gasteiger partial charge in [-0.15, -0.1) is 0 Å². The molecule has 13 nitrogen and oxygen atoms in total. The van der Waals surface area contributed by atoms with Gasteiger partial charge in [0.2, 0.25) is 0 Å². The topological polar surface area (TPSA) is 177 Å². The maximum Gasteiger partial charge on any atom is 0.338 e. The second-order valence-electron chi connectivity index (χ2n) is 10.1. The molecule has 13 heteroatoms. The normalized spacial score (nSPS) is 11.7. The molecule has 1 N–H and O–H groups in total. The summed E-state index contributed by atoms with van der Waals surface area (Å²) in [6, 6.07) is 15.5. The van der Waals surface area contributed by atoms with Crippen LogP contribution in [-0.2, 0) is 20.9 Å². The molecule has 3 rings (SSSR count). The Labute approximate surface area is 240 Å². The lowest BCUT2D eigenvalue weighted by atomic mass is 10.1. The van der Waals surface area contributed by atoms with Gasteiger partial charge in [0, 0.05) is 37.2 Å². The summed E-state index contributed by atoms with van der Waals surface area (Å²) in [5.41, 5.74) is 0.106. The minimum atomic E-state index is -0.991. The van der Waals surface area contributed by atoms with E-state index in [1.807, 2.05) is 0 Å². The van der Waals surface area contributed by atoms with Gasteiger partial charge in [-0.1, -0.05) is 12.1 Å². The number of non-ortho nitro benzene ring substituents is 2. The van der Waals surface area contributed by atoms with E-state index >= 15 is 0 Å². The van der Waals surface area contributed by atoms with Crippen LogP contribution in [0.5, 0.6) is 11.5 Å². The number of nitrogens with one attached hydrogen (secondary N) is 1. The first-order chi connectivity index (χ1) is 19.8. The number of esters is 3. The number of benzene rings is 3. The van der Waals surface area contributed by atoms with E-state index in [1.54, 1.807) is 45.0 Å². The highest BCUT2D eigenvalue weighted by Gasteiger charge is 2.23. The molecule has 3 aromatic rings. The average molecular weight is 580 g/mol. The number of hydrogen-bond acceptors (Lipinski definition) is 11. The van der Waals surface area contributed by atoms with Crippen molar-refractivity contribution in [2.75, 3.05) is 0 Å². The largest absolute Gasteiger partial charge is 0.456 e. The zero-order chi connectivity index (χ0) is 30.9. The van der Waals surface area contributed by atoms with E-state index in [9.17, 15) is 34.6 Å². The fraction of sp³-hybridized carbons (Fsp3) is 0.276. The first-order valence-electron chi connectivity index (χ1n) is 12.8. The second-order valence-corrected chi connectivity index (χ2v) is 10.1. The van der Waals surface area contributed by atoms with Gasteiger partial charge in [-0.25, -0.2) is 9.59 Å². The molecular weight excluding hydrogens is 550 g/mol. The summed E-state index contributed by atoms with van der Waals surface area (Å²) in [4.78, 5) is 58.3. The van der Waals surface area contributed by atoms with Gasteiger partial charge < -0.3 is 19.5 Å². The van der Waals surface area contributed by atoms with Crippen LogP contribution < -0.4 is 14.8 Å². The van der Waals surface area contributed by atoms with Gasteiger partial charge in [0.05, 0.1) is 15.4 Å². The highest BCUT2D eigenvalue weighted by atomic mass is 16.6. The van der Waals surface area contributed by atoms with Crippen LogP contribution in [-0.4, -0.2) is 39.4 Å². The van der Waals surface area contributed by atoms with Crippen molar-refractivity contribution in [3.63, 3.8) is 0 Å². The smallest absolute Gasteiger partial charge is 0.338 e. The van der Waals surface area contributed by atoms with Crippen molar-refractivity contribution < 1.29 is 38.4 Å². The predicted molar refractivity (Wildman–Crippen MR) is 149 cm³/mol. The zero-order valence-corrected chi connectivity index (χ0v) is 23.1. The standard InChI is InChI=1S/C29H29N3O10/c1-29(2,3)42-27(34)20-6-4-19(5-7-20)18-30-25(28(35)41-24-14-10-22(11-15-24)32(38)39)16-17-26(33)40-23-12-8-21(9-13-23)31(36)37/h4-15,25,30H,16-18H2,1-3H3/t25-/m0/s1. The van der Waals surface area contributed by atoms with Crippen LogP contribution in [0.1, 0.15) is 49.5 Å². The van der Waals surface area contributed by atoms with Gasteiger partial charge in [0.15, 0.2) is 0 Å². The van der Waals surface area contributed by atoms with E-state index in [-0.39, 0.29) is 42.3 Å². The van der Waals surface area contributed by atoms with Gasteiger partial charge in [-0.3, -0.25) is 25.0 Å². The Bertz CT molecular complexity index is 1430. The maximum atomic E-state index is 13.0. The minimum absolute atomic E-state index is 0.0341. The van der Waals surface area contributed by atoms with Crippen molar-refractivity contribution in [3.8, 4) is 11.5 Å². The van der Waals surface area contributed by atoms with Gasteiger partial charge >= 0.3 is 17.9 Å². The number of nitro benzene ring substituents is 2. The molecule has 3 aromatic carbocycles. The van der Waals surface area contributed by atoms with E-state index in [2.05, 4.69) is 5.32 Å². The predicted octanol–water partition coefficient (Wildman–Crippen LogP) is 4.91. The minimum Gasteiger partial charge on any atom is -0.456 e. The fourth-order valence-corrected chi connectivity index (χ4v) is 3.54. The quantitative estimate of drug-likeness (QED) is 0.133. The number of carbonyl (C=O) groups excluding carboxylic acids is 3. The number of carbonyl (C=O) groups is 3. The molecule has 0 bridgehead atoms. The van der Waals surface area contributed by atoms with Gasteiger partial charge in [0.1, 0.15) is 23.1 Å². The molecule has 0 saturated carbocycles. The molecule has 0 aromatic heterocycles. The highest BCUT2D eigenvalue weighted by Crippen LogP contribution is 2.20. The van der Waals surface area contributed by atoms with E-state index in [0.717, 1.165) is 5.56 Å². The van der Waals surface area contributed by atoms with E-state index in [4.69, 9.17) is 14.2 Å². The van der Waals surface area contributed by atoms with Crippen molar-refractivity contribution in [1.82, 2.24) is 5.32 Å². The third kappa shape index (κ3) is 9.78. The van der Waals surface area contributed by atoms with Crippen molar-refractivity contribution in [3.05, 3.63) is 104 Å². The van der Waals surface area contributed by atoms with Crippen LogP contribution in [0, 0.1) is 20.2 Å². The molecule has 0 spiro atoms. The lowest BCUT2D eigenvalue weighted by Crippen LogP contribution is -2.39. The first-order valence-corrected chi connectivity index (χ1v) is 12.8. The Morgan fingerprint density at radius 1 is 0.786 bits per heavy atom. The molecule has 0 aliphatic carbocycles. The Kier molecular flexibility index (Phi) is 10.4. The molecular formula is C29H29N3O10. The number of rotatable bonds is 12. The molecule has 0 fully saturated rings. The van der Waals surface area contributed by atoms with Crippen molar-refractivity contribution in [1.29, 1.82) is 0 Å². The Morgan fingerprint density at radius 3 is 1.76 bits per heavy atom. The zero-order valence-electron chi connectivity index (χ0n) is 23.1. The SMILES string of the molecule is CC(C)(C)OC(=O)c1ccc(CN[C@@H](CCC(=O)Oc2ccc([N+](=O)[O-])cc2)C(=O)Oc2ccc([N+](=O)[O-])cc2)cc1. The molecule has 0 aliphatic heterocycles. The number of nitro groups is 2. The van der Waals surface area contributed by atoms with Crippen molar-refractivity contribution in [2.24, 2.45) is 0 Å². The van der Waals surface area contributed by atoms with Crippen molar-refractivity contribution >= 4 is 29.3 Å². The first kappa shape index (κ1) is 31.4. The van der Waals surface area contributed by atoms with Crippen LogP contribution in [0.2, 0.25) is 0 Å². The average Bonchev–Trinajstić information content (AvgIpc) is 2.93. The molecule has 0 aliphatic rings. The van der Waals surface area contributed by atoms with Crippen LogP contribution in [0.15, 0.2) is 72.8 Å². The van der Waals surface area contributed by atoms with E-state index < -0.39 is 39.4 Å². The molecule has 0 amide bonds. The Morgan fingerprint density at radius 2 is 1.29 bits per heavy atom. The molecule has 0 unspecified atom stereocenters. The number of ether oxygens (including phenoxy) is 3. The molecule has 0 radical (unpaired) electrons. The molecule has 0 heterocycles. The van der Waals surface area contributed by atoms with E-state index in [0.29, 0.717) is 5.56 Å². The monoisotopic (exact) mass is 579 g/mol. The fourth-order valence-electron chi connectivity index (χ4n) is 3.54. The van der Waals surface area contributed by atoms with Crippen LogP contribution >= 0.6 is 0 Å². The highest BCUT2D eigenvalue weighted by molar-refractivity contribution is 5.89. The number of hydrogen-bond donors (Lipinski definition) is 1. The summed E-state index contributed by atoms with van der Waals surface area (Å²) in [5, 5.41) is 24.7. The molecule has 42 heavy (non-hydrogen) atoms. The third-order valence-corrected chi connectivity index (χ3v) is 5.61. The summed E-state index contributed by atoms with van der Waals surface area (Å²) >= 11 is 0. The molecule has 220 valence electrons. The summed E-state index contributed by atoms with van der Waals surface area (Å²) in [7, 11) is 0. The van der Waals surface area contributed by atoms with Crippen molar-refractivity contribution in [2.45, 2.75) is 51.8 Å². The lowest BCUT2D eigenvalue weighted by molar-refractivity contribution is -0.385. The Balaban J connectivity index is 1.66. The second kappa shape index (κ2) is 13.9. The summed E-state index contributed by atoms with van der Waals surface area (Å²) < 4.78 is 16.0. The lowest BCUT2D eigenvalue weighted by Gasteiger charge is -2.19. The van der Waals surface area contributed by atoms with Gasteiger partial charge in [-0.05, 0) is 69.2 Å². The van der Waals surface area contributed by atoms with E-state index in [1.165, 1.54) is 48.5 Å². The maximum absolute atomic E-state index is 13.0. The van der Waals surface area contributed by atoms with Gasteiger partial charge in [-0.2, -0.15) is 0 Å². The van der Waals surface area contributed by atoms with Crippen LogP contribution in [0.4, 0.5) is 11.4 Å². The Hall–Kier alpha value is -5.17. The number of nitrogens with zero attached hydrogens (tertiary/aromatic N) is 2. The summed E-state index contributed by atoms with van der Waals surface area (Å²) in [5.74, 6) is -1.71. The molecule has 0 saturated heterocycles. The van der Waals surface area contributed by atoms with Gasteiger partial charge in [0.25, 0.3) is 11.4 Å². The summed E-state index contributed by atoms with van der Waals surface area (Å²) in [6.45, 7) is 5.47. The third-order valence-electron chi connectivity index (χ3n) is 5.61.